The predicted molar refractivity (Wildman–Crippen MR) is 81.8 cm³/mol. The number of rotatable bonds is 5. The predicted octanol–water partition coefficient (Wildman–Crippen LogP) is 4.30. The summed E-state index contributed by atoms with van der Waals surface area (Å²) >= 11 is 0. The van der Waals surface area contributed by atoms with E-state index in [1.165, 1.54) is 16.3 Å². The number of hydrogen-bond acceptors (Lipinski definition) is 2. The SMILES string of the molecule is CCC(C)Oc1c(C(C)NC)ccc2ccccc12. The van der Waals surface area contributed by atoms with Gasteiger partial charge in [0, 0.05) is 17.0 Å². The van der Waals surface area contributed by atoms with Crippen LogP contribution in [0.4, 0.5) is 0 Å². The molecule has 0 radical (unpaired) electrons. The van der Waals surface area contributed by atoms with Crippen LogP contribution in [0.1, 0.15) is 38.8 Å². The fourth-order valence-corrected chi connectivity index (χ4v) is 2.17. The number of ether oxygens (including phenoxy) is 1. The third-order valence-electron chi connectivity index (χ3n) is 3.70. The van der Waals surface area contributed by atoms with Crippen molar-refractivity contribution in [2.75, 3.05) is 7.05 Å². The Morgan fingerprint density at radius 1 is 1.11 bits per heavy atom. The summed E-state index contributed by atoms with van der Waals surface area (Å²) in [5, 5.41) is 5.72. The summed E-state index contributed by atoms with van der Waals surface area (Å²) in [6.07, 6.45) is 1.24. The zero-order valence-corrected chi connectivity index (χ0v) is 12.2. The highest BCUT2D eigenvalue weighted by Gasteiger charge is 2.15. The van der Waals surface area contributed by atoms with E-state index in [2.05, 4.69) is 62.5 Å². The molecule has 0 saturated heterocycles. The van der Waals surface area contributed by atoms with Gasteiger partial charge in [0.2, 0.25) is 0 Å². The van der Waals surface area contributed by atoms with Crippen LogP contribution >= 0.6 is 0 Å². The molecule has 2 unspecified atom stereocenters. The lowest BCUT2D eigenvalue weighted by molar-refractivity contribution is 0.217. The maximum atomic E-state index is 6.19. The summed E-state index contributed by atoms with van der Waals surface area (Å²) in [5.41, 5.74) is 1.22. The van der Waals surface area contributed by atoms with Crippen molar-refractivity contribution in [1.82, 2.24) is 5.32 Å². The van der Waals surface area contributed by atoms with Crippen LogP contribution in [-0.2, 0) is 0 Å². The maximum Gasteiger partial charge on any atom is 0.132 e. The quantitative estimate of drug-likeness (QED) is 0.862. The smallest absolute Gasteiger partial charge is 0.132 e. The summed E-state index contributed by atoms with van der Waals surface area (Å²) < 4.78 is 6.19. The second-order valence-corrected chi connectivity index (χ2v) is 5.05. The molecule has 0 bridgehead atoms. The molecule has 2 aromatic rings. The Balaban J connectivity index is 2.57. The zero-order chi connectivity index (χ0) is 13.8. The van der Waals surface area contributed by atoms with E-state index in [4.69, 9.17) is 4.74 Å². The fraction of sp³-hybridized carbons (Fsp3) is 0.412. The van der Waals surface area contributed by atoms with Gasteiger partial charge in [0.1, 0.15) is 5.75 Å². The molecule has 2 aromatic carbocycles. The molecule has 2 heteroatoms. The Hall–Kier alpha value is -1.54. The first-order valence-electron chi connectivity index (χ1n) is 7.03. The van der Waals surface area contributed by atoms with E-state index >= 15 is 0 Å². The molecular formula is C17H23NO. The van der Waals surface area contributed by atoms with Gasteiger partial charge in [-0.05, 0) is 32.7 Å². The highest BCUT2D eigenvalue weighted by Crippen LogP contribution is 2.34. The molecule has 0 amide bonds. The van der Waals surface area contributed by atoms with Crippen LogP contribution in [0.5, 0.6) is 5.75 Å². The van der Waals surface area contributed by atoms with Crippen molar-refractivity contribution in [2.45, 2.75) is 39.3 Å². The van der Waals surface area contributed by atoms with Gasteiger partial charge < -0.3 is 10.1 Å². The normalized spacial score (nSPS) is 14.3. The standard InChI is InChI=1S/C17H23NO/c1-5-12(2)19-17-15(13(3)18-4)11-10-14-8-6-7-9-16(14)17/h6-13,18H,5H2,1-4H3. The lowest BCUT2D eigenvalue weighted by atomic mass is 10.0. The van der Waals surface area contributed by atoms with E-state index in [1.54, 1.807) is 0 Å². The molecule has 102 valence electrons. The van der Waals surface area contributed by atoms with Crippen molar-refractivity contribution in [1.29, 1.82) is 0 Å². The van der Waals surface area contributed by atoms with Crippen LogP contribution in [0, 0.1) is 0 Å². The average Bonchev–Trinajstić information content (AvgIpc) is 2.46. The van der Waals surface area contributed by atoms with Crippen molar-refractivity contribution >= 4 is 10.8 Å². The van der Waals surface area contributed by atoms with Crippen molar-refractivity contribution in [3.63, 3.8) is 0 Å². The highest BCUT2D eigenvalue weighted by atomic mass is 16.5. The van der Waals surface area contributed by atoms with E-state index in [9.17, 15) is 0 Å². The van der Waals surface area contributed by atoms with Gasteiger partial charge in [-0.3, -0.25) is 0 Å². The van der Waals surface area contributed by atoms with Gasteiger partial charge in [-0.15, -0.1) is 0 Å². The molecule has 2 nitrogen and oxygen atoms in total. The fourth-order valence-electron chi connectivity index (χ4n) is 2.17. The Labute approximate surface area is 115 Å². The van der Waals surface area contributed by atoms with Gasteiger partial charge in [-0.25, -0.2) is 0 Å². The van der Waals surface area contributed by atoms with Crippen molar-refractivity contribution in [3.8, 4) is 5.75 Å². The number of nitrogens with one attached hydrogen (secondary N) is 1. The minimum Gasteiger partial charge on any atom is -0.490 e. The van der Waals surface area contributed by atoms with Crippen molar-refractivity contribution in [3.05, 3.63) is 42.0 Å². The molecule has 19 heavy (non-hydrogen) atoms. The van der Waals surface area contributed by atoms with Crippen LogP contribution in [0.15, 0.2) is 36.4 Å². The van der Waals surface area contributed by atoms with E-state index in [-0.39, 0.29) is 12.1 Å². The van der Waals surface area contributed by atoms with Crippen LogP contribution in [-0.4, -0.2) is 13.2 Å². The Morgan fingerprint density at radius 2 is 1.84 bits per heavy atom. The Kier molecular flexibility index (Phi) is 4.43. The minimum absolute atomic E-state index is 0.230. The average molecular weight is 257 g/mol. The summed E-state index contributed by atoms with van der Waals surface area (Å²) in [7, 11) is 1.98. The molecule has 0 aliphatic rings. The summed E-state index contributed by atoms with van der Waals surface area (Å²) in [4.78, 5) is 0. The van der Waals surface area contributed by atoms with Gasteiger partial charge in [0.05, 0.1) is 6.10 Å². The lowest BCUT2D eigenvalue weighted by Crippen LogP contribution is -2.17. The lowest BCUT2D eigenvalue weighted by Gasteiger charge is -2.21. The van der Waals surface area contributed by atoms with E-state index in [0.29, 0.717) is 0 Å². The van der Waals surface area contributed by atoms with Gasteiger partial charge in [0.15, 0.2) is 0 Å². The third kappa shape index (κ3) is 2.90. The topological polar surface area (TPSA) is 21.3 Å². The molecule has 0 aliphatic heterocycles. The van der Waals surface area contributed by atoms with Gasteiger partial charge >= 0.3 is 0 Å². The molecule has 0 aliphatic carbocycles. The van der Waals surface area contributed by atoms with E-state index in [1.807, 2.05) is 7.05 Å². The first-order valence-corrected chi connectivity index (χ1v) is 7.03. The van der Waals surface area contributed by atoms with Crippen LogP contribution in [0.3, 0.4) is 0 Å². The Morgan fingerprint density at radius 3 is 2.53 bits per heavy atom. The van der Waals surface area contributed by atoms with Gasteiger partial charge in [-0.1, -0.05) is 43.3 Å². The van der Waals surface area contributed by atoms with Crippen LogP contribution in [0.25, 0.3) is 10.8 Å². The molecule has 0 aromatic heterocycles. The molecular weight excluding hydrogens is 234 g/mol. The summed E-state index contributed by atoms with van der Waals surface area (Å²) in [5.74, 6) is 1.02. The first-order chi connectivity index (χ1) is 9.17. The minimum atomic E-state index is 0.230. The monoisotopic (exact) mass is 257 g/mol. The van der Waals surface area contributed by atoms with Gasteiger partial charge in [-0.2, -0.15) is 0 Å². The number of fused-ring (bicyclic) bond motifs is 1. The molecule has 0 saturated carbocycles. The van der Waals surface area contributed by atoms with Crippen molar-refractivity contribution < 1.29 is 4.74 Å². The highest BCUT2D eigenvalue weighted by molar-refractivity contribution is 5.89. The Bertz CT molecular complexity index is 550. The number of hydrogen-bond donors (Lipinski definition) is 1. The summed E-state index contributed by atoms with van der Waals surface area (Å²) in [6, 6.07) is 13.0. The van der Waals surface area contributed by atoms with Crippen molar-refractivity contribution in [2.24, 2.45) is 0 Å². The maximum absolute atomic E-state index is 6.19. The summed E-state index contributed by atoms with van der Waals surface area (Å²) in [6.45, 7) is 6.43. The third-order valence-corrected chi connectivity index (χ3v) is 3.70. The number of benzene rings is 2. The largest absolute Gasteiger partial charge is 0.490 e. The molecule has 0 heterocycles. The van der Waals surface area contributed by atoms with Crippen LogP contribution in [0.2, 0.25) is 0 Å². The molecule has 0 spiro atoms. The van der Waals surface area contributed by atoms with Crippen LogP contribution < -0.4 is 10.1 Å². The first kappa shape index (κ1) is 13.9. The van der Waals surface area contributed by atoms with Gasteiger partial charge in [0.25, 0.3) is 0 Å². The molecule has 0 fully saturated rings. The second-order valence-electron chi connectivity index (χ2n) is 5.05. The van der Waals surface area contributed by atoms with E-state index in [0.717, 1.165) is 12.2 Å². The van der Waals surface area contributed by atoms with E-state index < -0.39 is 0 Å². The molecule has 2 rings (SSSR count). The molecule has 2 atom stereocenters. The second kappa shape index (κ2) is 6.07. The molecule has 1 N–H and O–H groups in total. The zero-order valence-electron chi connectivity index (χ0n) is 12.2.